The zero-order valence-corrected chi connectivity index (χ0v) is 67.0. The van der Waals surface area contributed by atoms with E-state index in [0.29, 0.717) is 0 Å². The van der Waals surface area contributed by atoms with Crippen molar-refractivity contribution >= 4 is 70.1 Å². The van der Waals surface area contributed by atoms with Crippen molar-refractivity contribution in [2.45, 2.75) is 6.04 Å². The molecule has 8 aromatic carbocycles. The molecule has 9 nitrogen and oxygen atoms in total. The average Bonchev–Trinajstić information content (AvgIpc) is 1.46. The average molecular weight is 2020 g/mol. The molecular weight excluding hydrogens is 2010 g/mol. The summed E-state index contributed by atoms with van der Waals surface area (Å²) in [7, 11) is -16.2. The summed E-state index contributed by atoms with van der Waals surface area (Å²) in [4.78, 5) is 6.35. The van der Waals surface area contributed by atoms with Crippen LogP contribution in [0.4, 0.5) is 176 Å². The molecule has 0 aliphatic carbocycles. The van der Waals surface area contributed by atoms with Gasteiger partial charge in [-0.25, -0.2) is 4.39 Å². The van der Waals surface area contributed by atoms with Gasteiger partial charge in [0, 0.05) is 0 Å². The number of halogens is 40. The maximum absolute atomic E-state index is 19.6. The van der Waals surface area contributed by atoms with E-state index in [9.17, 15) is 0 Å². The van der Waals surface area contributed by atoms with Crippen LogP contribution in [-0.2, 0) is 4.57 Å². The molecule has 14 aromatic rings. The normalized spacial score (nSPS) is 18.6. The number of fused-ring (bicyclic) bond motifs is 4. The quantitative estimate of drug-likeness (QED) is 0.0688. The van der Waals surface area contributed by atoms with Gasteiger partial charge in [-0.2, -0.15) is 0 Å². The third kappa shape index (κ3) is 9.64. The Balaban J connectivity index is 1.12. The molecule has 9 aliphatic heterocycles. The van der Waals surface area contributed by atoms with E-state index in [1.807, 2.05) is 4.98 Å². The van der Waals surface area contributed by atoms with E-state index < -0.39 is 446 Å². The number of rotatable bonds is 8. The molecule has 0 fully saturated rings. The van der Waals surface area contributed by atoms with Gasteiger partial charge >= 0.3 is 733 Å². The summed E-state index contributed by atoms with van der Waals surface area (Å²) in [6, 6.07) is -2.02. The molecule has 9 aliphatic rings. The second kappa shape index (κ2) is 27.7. The Hall–Kier alpha value is -15.1. The SMILES string of the molecule is O=P12C3=C/C4=C(/c5c(F)c(F)c(F)c(F)c5F)c5ccc([nH]5)/C(c5c(F)c(F)c(F)c(F)c5F)=C5/C=C6C(=N5)C(c5c(F)c(F)c(F)c(F)c5F)=c5ccc7n5P658c6cc(n1c6C(c1c(F)c(F)c(F)c(F)c1F)=c1ccc(n15)=C(c1c(F)c(F)c(F)c(F)c1F)c1ccc(n18)C=7c1c(F)c(F)c(F)c(F)c1F)C(c1c(F)c(F)c(F)c(F)c1F)=c1ccc(n12)=C(c1c(F)c(F)c(F)c(F)c1F)C3N4. The number of hydrogen-bond donors (Lipinski definition) is 2. The molecular formula is C88H16F40N8OP2. The molecule has 0 radical (unpaired) electrons. The van der Waals surface area contributed by atoms with Crippen LogP contribution in [0, 0.1) is 233 Å². The summed E-state index contributed by atoms with van der Waals surface area (Å²) in [5, 5.41) is -14.6. The molecule has 704 valence electrons. The van der Waals surface area contributed by atoms with Crippen LogP contribution in [0.2, 0.25) is 0 Å². The van der Waals surface area contributed by atoms with Crippen LogP contribution in [0.1, 0.15) is 78.7 Å². The molecule has 1 spiro atoms. The minimum absolute atomic E-state index is 0.0287. The number of hydrogen-bond acceptors (Lipinski definition) is 3. The molecule has 51 heteroatoms. The molecule has 2 N–H and O–H groups in total. The number of allylic oxidation sites excluding steroid dienone is 3. The number of nitrogens with one attached hydrogen (secondary N) is 2. The first-order valence-electron chi connectivity index (χ1n) is 38.2. The van der Waals surface area contributed by atoms with Crippen molar-refractivity contribution in [3.63, 3.8) is 0 Å². The van der Waals surface area contributed by atoms with Crippen LogP contribution in [0.5, 0.6) is 0 Å². The Kier molecular flexibility index (Phi) is 17.5. The number of nitrogens with zero attached hydrogens (tertiary/aromatic N) is 6. The van der Waals surface area contributed by atoms with E-state index in [1.54, 1.807) is 0 Å². The molecule has 0 saturated carbocycles. The topological polar surface area (TPSA) is 81.9 Å². The molecule has 0 amide bonds. The molecule has 15 heterocycles. The second-order valence-corrected chi connectivity index (χ2v) is 38.1. The van der Waals surface area contributed by atoms with Crippen molar-refractivity contribution in [3.8, 4) is 0 Å². The van der Waals surface area contributed by atoms with Gasteiger partial charge in [-0.3, -0.25) is 0 Å². The van der Waals surface area contributed by atoms with Gasteiger partial charge in [0.15, 0.2) is 0 Å². The summed E-state index contributed by atoms with van der Waals surface area (Å²) >= 11 is 0. The van der Waals surface area contributed by atoms with E-state index in [1.165, 1.54) is 0 Å². The molecule has 2 unspecified atom stereocenters. The fourth-order valence-electron chi connectivity index (χ4n) is 20.2. The van der Waals surface area contributed by atoms with E-state index in [4.69, 9.17) is 0 Å². The summed E-state index contributed by atoms with van der Waals surface area (Å²) in [6.45, 7) is 0. The Labute approximate surface area is 735 Å². The zero-order chi connectivity index (χ0) is 99.4. The standard InChI is InChI=1S/C88H16F40N8OP2/c89-46-38(47(90)63(106)78(121)62(46)105)30-14-1-2-15(129-14)31(39-48(91)64(107)79(122)65(108)49(39)92)17-12-28-87(131-17)36(44-58(101)74(117)84(127)75(118)59(44)102)24-9-7-22-33(41-52(95)68(111)81(124)69(112)53(41)96)20-5-6-21-34(42-54(97)70(113)82(125)71(114)55(42)98)23-8-10-25-37(45-60(103)76(119)85(128)77(120)61(45)104)88-29(139(28,134(20)21,135(22)24)136(23)25)13-26-32(40-50(93)66(109)80(123)67(110)51(40)94)18-3-4-19-35(43-56(99)72(115)83(126)73(116)57(43)100)86-27(11-16(30)130-86)138(137,132(18)19)133(26)88/h1-13,86,129-130H/b30-16-,31-17+. The van der Waals surface area contributed by atoms with E-state index in [0.717, 1.165) is 0 Å². The van der Waals surface area contributed by atoms with Gasteiger partial charge in [-0.1, -0.05) is 0 Å². The third-order valence-electron chi connectivity index (χ3n) is 25.5. The summed E-state index contributed by atoms with van der Waals surface area (Å²) in [5.41, 5.74) is -54.6. The summed E-state index contributed by atoms with van der Waals surface area (Å²) in [5.74, 6) is -128. The number of aliphatic imine (C=N–C) groups is 1. The molecule has 10 bridgehead atoms. The Morgan fingerprint density at radius 1 is 0.266 bits per heavy atom. The first kappa shape index (κ1) is 88.0. The molecule has 23 rings (SSSR count). The van der Waals surface area contributed by atoms with Gasteiger partial charge in [-0.15, -0.1) is 0 Å². The fraction of sp³-hybridized carbons (Fsp3) is 0.0114. The van der Waals surface area contributed by atoms with Gasteiger partial charge in [0.05, 0.1) is 0 Å². The zero-order valence-electron chi connectivity index (χ0n) is 65.2. The fourth-order valence-corrected chi connectivity index (χ4v) is 31.0. The van der Waals surface area contributed by atoms with Crippen molar-refractivity contribution < 1.29 is 180 Å². The van der Waals surface area contributed by atoms with Crippen molar-refractivity contribution in [1.82, 2.24) is 32.0 Å². The van der Waals surface area contributed by atoms with Gasteiger partial charge < -0.3 is 0 Å². The van der Waals surface area contributed by atoms with Crippen molar-refractivity contribution in [2.24, 2.45) is 4.99 Å². The Morgan fingerprint density at radius 3 is 0.914 bits per heavy atom. The van der Waals surface area contributed by atoms with E-state index in [2.05, 4.69) is 10.3 Å². The van der Waals surface area contributed by atoms with Gasteiger partial charge in [0.2, 0.25) is 0 Å². The molecule has 0 saturated heterocycles. The van der Waals surface area contributed by atoms with Crippen LogP contribution in [0.15, 0.2) is 106 Å². The minimum atomic E-state index is -8.80. The number of benzene rings is 8. The Bertz CT molecular complexity index is 9070. The summed E-state index contributed by atoms with van der Waals surface area (Å²) in [6.07, 6.45) is -0.176. The maximum atomic E-state index is 19.6. The van der Waals surface area contributed by atoms with Crippen molar-refractivity contribution in [2.75, 3.05) is 0 Å². The van der Waals surface area contributed by atoms with Crippen molar-refractivity contribution in [3.05, 3.63) is 444 Å². The van der Waals surface area contributed by atoms with Gasteiger partial charge in [-0.05, 0) is 0 Å². The third-order valence-corrected chi connectivity index (χ3v) is 34.5. The van der Waals surface area contributed by atoms with Crippen LogP contribution in [0.3, 0.4) is 0 Å². The number of aromatic amines is 1. The van der Waals surface area contributed by atoms with Crippen molar-refractivity contribution in [1.29, 1.82) is 0 Å². The predicted octanol–water partition coefficient (Wildman–Crippen LogP) is 18.8. The van der Waals surface area contributed by atoms with Crippen LogP contribution < -0.4 is 42.7 Å². The molecule has 139 heavy (non-hydrogen) atoms. The Morgan fingerprint density at radius 2 is 0.547 bits per heavy atom. The monoisotopic (exact) mass is 2020 g/mol. The van der Waals surface area contributed by atoms with Crippen LogP contribution >= 0.6 is 14.5 Å². The number of aromatic nitrogens is 6. The summed E-state index contributed by atoms with van der Waals surface area (Å²) < 4.78 is 707. The van der Waals surface area contributed by atoms with Gasteiger partial charge in [0.25, 0.3) is 0 Å². The van der Waals surface area contributed by atoms with Gasteiger partial charge in [0.1, 0.15) is 0 Å². The first-order chi connectivity index (χ1) is 65.6. The number of H-pyrrole nitrogens is 1. The molecule has 2 atom stereocenters. The second-order valence-electron chi connectivity index (χ2n) is 31.6. The van der Waals surface area contributed by atoms with Crippen LogP contribution in [0.25, 0.3) is 44.6 Å². The van der Waals surface area contributed by atoms with E-state index in [-0.39, 0.29) is 96.2 Å². The first-order valence-corrected chi connectivity index (χ1v) is 42.0. The predicted molar refractivity (Wildman–Crippen MR) is 396 cm³/mol. The van der Waals surface area contributed by atoms with Crippen LogP contribution in [-0.4, -0.2) is 38.4 Å². The van der Waals surface area contributed by atoms with E-state index >= 15 is 180 Å². The molecule has 6 aromatic heterocycles.